The number of carboxylic acid groups (broad SMARTS) is 1. The quantitative estimate of drug-likeness (QED) is 0.642. The van der Waals surface area contributed by atoms with E-state index in [2.05, 4.69) is 11.6 Å². The summed E-state index contributed by atoms with van der Waals surface area (Å²) in [6.07, 6.45) is 4.83. The zero-order chi connectivity index (χ0) is 8.27. The highest BCUT2D eigenvalue weighted by Crippen LogP contribution is 1.95. The molecule has 1 N–H and O–H groups in total. The number of rotatable bonds is 3. The monoisotopic (exact) mass is 152 g/mol. The minimum absolute atomic E-state index is 0.156. The first-order valence-corrected chi connectivity index (χ1v) is 3.07. The molecule has 0 atom stereocenters. The summed E-state index contributed by atoms with van der Waals surface area (Å²) < 4.78 is 1.65. The Morgan fingerprint density at radius 3 is 2.91 bits per heavy atom. The van der Waals surface area contributed by atoms with E-state index < -0.39 is 5.97 Å². The van der Waals surface area contributed by atoms with Gasteiger partial charge in [-0.05, 0) is 0 Å². The second-order valence-corrected chi connectivity index (χ2v) is 2.14. The Labute approximate surface area is 63.8 Å². The average Bonchev–Trinajstić information content (AvgIpc) is 2.39. The van der Waals surface area contributed by atoms with E-state index in [1.54, 1.807) is 23.3 Å². The first-order valence-electron chi connectivity index (χ1n) is 3.07. The minimum Gasteiger partial charge on any atom is -0.478 e. The van der Waals surface area contributed by atoms with E-state index in [9.17, 15) is 4.79 Å². The normalized spacial score (nSPS) is 9.45. The van der Waals surface area contributed by atoms with E-state index >= 15 is 0 Å². The Hall–Kier alpha value is -1.58. The van der Waals surface area contributed by atoms with Gasteiger partial charge >= 0.3 is 5.97 Å². The van der Waals surface area contributed by atoms with Gasteiger partial charge in [0.25, 0.3) is 0 Å². The number of hydrogen-bond donors (Lipinski definition) is 1. The SMILES string of the molecule is C=C(Cn1ccnc1)C(=O)O. The molecule has 0 amide bonds. The molecular weight excluding hydrogens is 144 g/mol. The van der Waals surface area contributed by atoms with E-state index in [4.69, 9.17) is 5.11 Å². The Kier molecular flexibility index (Phi) is 2.06. The summed E-state index contributed by atoms with van der Waals surface area (Å²) in [6, 6.07) is 0. The van der Waals surface area contributed by atoms with E-state index in [1.165, 1.54) is 0 Å². The summed E-state index contributed by atoms with van der Waals surface area (Å²) in [7, 11) is 0. The summed E-state index contributed by atoms with van der Waals surface area (Å²) in [5.41, 5.74) is 0.156. The van der Waals surface area contributed by atoms with E-state index in [0.717, 1.165) is 0 Å². The average molecular weight is 152 g/mol. The standard InChI is InChI=1S/C7H8N2O2/c1-6(7(10)11)4-9-3-2-8-5-9/h2-3,5H,1,4H2,(H,10,11). The molecule has 0 unspecified atom stereocenters. The van der Waals surface area contributed by atoms with Crippen LogP contribution in [0.15, 0.2) is 30.9 Å². The van der Waals surface area contributed by atoms with Crippen molar-refractivity contribution in [1.82, 2.24) is 9.55 Å². The topological polar surface area (TPSA) is 55.1 Å². The highest BCUT2D eigenvalue weighted by atomic mass is 16.4. The van der Waals surface area contributed by atoms with Gasteiger partial charge in [0.1, 0.15) is 0 Å². The molecule has 0 aliphatic carbocycles. The molecule has 1 aromatic heterocycles. The van der Waals surface area contributed by atoms with Crippen molar-refractivity contribution in [3.63, 3.8) is 0 Å². The molecule has 4 heteroatoms. The summed E-state index contributed by atoms with van der Waals surface area (Å²) in [6.45, 7) is 3.67. The van der Waals surface area contributed by atoms with Crippen LogP contribution in [0.25, 0.3) is 0 Å². The van der Waals surface area contributed by atoms with Crippen molar-refractivity contribution >= 4 is 5.97 Å². The van der Waals surface area contributed by atoms with Crippen LogP contribution in [0.2, 0.25) is 0 Å². The number of carboxylic acids is 1. The van der Waals surface area contributed by atoms with Crippen molar-refractivity contribution < 1.29 is 9.90 Å². The third-order valence-corrected chi connectivity index (χ3v) is 1.24. The van der Waals surface area contributed by atoms with Crippen molar-refractivity contribution in [3.05, 3.63) is 30.9 Å². The molecule has 0 saturated heterocycles. The Bertz CT molecular complexity index is 264. The zero-order valence-corrected chi connectivity index (χ0v) is 5.90. The molecule has 1 heterocycles. The first-order chi connectivity index (χ1) is 5.20. The summed E-state index contributed by atoms with van der Waals surface area (Å²) in [4.78, 5) is 14.1. The molecule has 0 spiro atoms. The Morgan fingerprint density at radius 1 is 1.73 bits per heavy atom. The molecular formula is C7H8N2O2. The van der Waals surface area contributed by atoms with Gasteiger partial charge in [-0.15, -0.1) is 0 Å². The smallest absolute Gasteiger partial charge is 0.332 e. The molecule has 1 rings (SSSR count). The number of hydrogen-bond acceptors (Lipinski definition) is 2. The molecule has 0 aromatic carbocycles. The van der Waals surface area contributed by atoms with Crippen LogP contribution in [0, 0.1) is 0 Å². The van der Waals surface area contributed by atoms with Crippen LogP contribution >= 0.6 is 0 Å². The lowest BCUT2D eigenvalue weighted by atomic mass is 10.3. The van der Waals surface area contributed by atoms with Gasteiger partial charge in [-0.25, -0.2) is 9.78 Å². The Balaban J connectivity index is 2.57. The van der Waals surface area contributed by atoms with Gasteiger partial charge in [-0.3, -0.25) is 0 Å². The first kappa shape index (κ1) is 7.53. The van der Waals surface area contributed by atoms with Crippen molar-refractivity contribution in [3.8, 4) is 0 Å². The van der Waals surface area contributed by atoms with Gasteiger partial charge in [0.2, 0.25) is 0 Å². The van der Waals surface area contributed by atoms with Gasteiger partial charge in [0, 0.05) is 18.0 Å². The van der Waals surface area contributed by atoms with Crippen molar-refractivity contribution in [2.24, 2.45) is 0 Å². The molecule has 0 saturated carbocycles. The number of aliphatic carboxylic acids is 1. The summed E-state index contributed by atoms with van der Waals surface area (Å²) >= 11 is 0. The maximum absolute atomic E-state index is 10.3. The largest absolute Gasteiger partial charge is 0.478 e. The van der Waals surface area contributed by atoms with Gasteiger partial charge in [0.15, 0.2) is 0 Å². The lowest BCUT2D eigenvalue weighted by Gasteiger charge is -1.99. The van der Waals surface area contributed by atoms with Crippen LogP contribution in [-0.4, -0.2) is 20.6 Å². The lowest BCUT2D eigenvalue weighted by molar-refractivity contribution is -0.132. The van der Waals surface area contributed by atoms with Crippen LogP contribution < -0.4 is 0 Å². The van der Waals surface area contributed by atoms with Crippen LogP contribution in [-0.2, 0) is 11.3 Å². The highest BCUT2D eigenvalue weighted by Gasteiger charge is 2.02. The number of aromatic nitrogens is 2. The second kappa shape index (κ2) is 3.01. The predicted octanol–water partition coefficient (Wildman–Crippen LogP) is 0.524. The maximum atomic E-state index is 10.3. The van der Waals surface area contributed by atoms with Gasteiger partial charge in [0.05, 0.1) is 12.9 Å². The van der Waals surface area contributed by atoms with Crippen molar-refractivity contribution in [2.45, 2.75) is 6.54 Å². The summed E-state index contributed by atoms with van der Waals surface area (Å²) in [5.74, 6) is -0.973. The maximum Gasteiger partial charge on any atom is 0.332 e. The van der Waals surface area contributed by atoms with Crippen molar-refractivity contribution in [1.29, 1.82) is 0 Å². The van der Waals surface area contributed by atoms with Crippen LogP contribution in [0.4, 0.5) is 0 Å². The zero-order valence-electron chi connectivity index (χ0n) is 5.90. The molecule has 4 nitrogen and oxygen atoms in total. The number of imidazole rings is 1. The number of nitrogens with zero attached hydrogens (tertiary/aromatic N) is 2. The van der Waals surface area contributed by atoms with E-state index in [0.29, 0.717) is 0 Å². The third kappa shape index (κ3) is 1.93. The molecule has 0 radical (unpaired) electrons. The fraction of sp³-hybridized carbons (Fsp3) is 0.143. The predicted molar refractivity (Wildman–Crippen MR) is 39.0 cm³/mol. The molecule has 0 aliphatic rings. The molecule has 11 heavy (non-hydrogen) atoms. The number of carbonyl (C=O) groups is 1. The molecule has 58 valence electrons. The van der Waals surface area contributed by atoms with E-state index in [1.807, 2.05) is 0 Å². The molecule has 0 bridgehead atoms. The van der Waals surface area contributed by atoms with Gasteiger partial charge in [-0.1, -0.05) is 6.58 Å². The van der Waals surface area contributed by atoms with Crippen LogP contribution in [0.3, 0.4) is 0 Å². The molecule has 0 fully saturated rings. The lowest BCUT2D eigenvalue weighted by Crippen LogP contribution is -2.06. The highest BCUT2D eigenvalue weighted by molar-refractivity contribution is 5.85. The van der Waals surface area contributed by atoms with Crippen molar-refractivity contribution in [2.75, 3.05) is 0 Å². The third-order valence-electron chi connectivity index (χ3n) is 1.24. The van der Waals surface area contributed by atoms with E-state index in [-0.39, 0.29) is 12.1 Å². The summed E-state index contributed by atoms with van der Waals surface area (Å²) in [5, 5.41) is 8.45. The van der Waals surface area contributed by atoms with Crippen LogP contribution in [0.5, 0.6) is 0 Å². The Morgan fingerprint density at radius 2 is 2.45 bits per heavy atom. The molecule has 0 aliphatic heterocycles. The molecule has 1 aromatic rings. The van der Waals surface area contributed by atoms with Gasteiger partial charge in [-0.2, -0.15) is 0 Å². The van der Waals surface area contributed by atoms with Gasteiger partial charge < -0.3 is 9.67 Å². The van der Waals surface area contributed by atoms with Crippen LogP contribution in [0.1, 0.15) is 0 Å². The fourth-order valence-electron chi connectivity index (χ4n) is 0.668. The minimum atomic E-state index is -0.973. The fourth-order valence-corrected chi connectivity index (χ4v) is 0.668. The second-order valence-electron chi connectivity index (χ2n) is 2.14.